The molecule has 0 aliphatic carbocycles. The van der Waals surface area contributed by atoms with Crippen molar-refractivity contribution in [3.63, 3.8) is 0 Å². The maximum absolute atomic E-state index is 11.3. The van der Waals surface area contributed by atoms with Gasteiger partial charge in [0.2, 0.25) is 0 Å². The van der Waals surface area contributed by atoms with Crippen LogP contribution in [0.1, 0.15) is 24.5 Å². The zero-order chi connectivity index (χ0) is 12.9. The summed E-state index contributed by atoms with van der Waals surface area (Å²) < 4.78 is 5.49. The largest absolute Gasteiger partial charge is 0.479 e. The summed E-state index contributed by atoms with van der Waals surface area (Å²) in [6.07, 6.45) is 2.34. The molecule has 0 saturated carbocycles. The van der Waals surface area contributed by atoms with E-state index in [1.807, 2.05) is 19.1 Å². The minimum atomic E-state index is -1.29. The van der Waals surface area contributed by atoms with E-state index in [4.69, 9.17) is 4.74 Å². The summed E-state index contributed by atoms with van der Waals surface area (Å²) in [6.45, 7) is 7.46. The molecule has 0 aromatic heterocycles. The van der Waals surface area contributed by atoms with E-state index >= 15 is 0 Å². The molecule has 0 amide bonds. The van der Waals surface area contributed by atoms with Crippen LogP contribution in [-0.2, 0) is 15.1 Å². The van der Waals surface area contributed by atoms with Crippen molar-refractivity contribution < 1.29 is 14.6 Å². The summed E-state index contributed by atoms with van der Waals surface area (Å²) in [5.41, 5.74) is 0.448. The van der Waals surface area contributed by atoms with Crippen LogP contribution in [0.25, 0.3) is 0 Å². The van der Waals surface area contributed by atoms with Crippen LogP contribution in [-0.4, -0.2) is 17.7 Å². The average molecular weight is 234 g/mol. The molecule has 3 nitrogen and oxygen atoms in total. The van der Waals surface area contributed by atoms with Gasteiger partial charge in [0.1, 0.15) is 0 Å². The molecular weight excluding hydrogens is 216 g/mol. The van der Waals surface area contributed by atoms with E-state index in [-0.39, 0.29) is 0 Å². The second-order valence-electron chi connectivity index (χ2n) is 4.13. The highest BCUT2D eigenvalue weighted by atomic mass is 16.5. The van der Waals surface area contributed by atoms with Crippen LogP contribution in [0, 0.1) is 6.92 Å². The van der Waals surface area contributed by atoms with Gasteiger partial charge >= 0.3 is 5.97 Å². The Morgan fingerprint density at radius 3 is 2.53 bits per heavy atom. The van der Waals surface area contributed by atoms with Gasteiger partial charge in [0.05, 0.1) is 6.61 Å². The first-order valence-corrected chi connectivity index (χ1v) is 5.56. The van der Waals surface area contributed by atoms with Gasteiger partial charge in [-0.25, -0.2) is 4.79 Å². The van der Waals surface area contributed by atoms with Crippen LogP contribution in [0.15, 0.2) is 36.9 Å². The standard InChI is InChI=1S/C14H18O3/c1-4-5-10-17-14(3,13(15)16)12-8-6-11(2)7-9-12/h4,6-9H,1,5,10H2,2-3H3,(H,15,16). The Morgan fingerprint density at radius 2 is 2.06 bits per heavy atom. The van der Waals surface area contributed by atoms with Crippen LogP contribution in [0.4, 0.5) is 0 Å². The van der Waals surface area contributed by atoms with Crippen LogP contribution in [0.5, 0.6) is 0 Å². The van der Waals surface area contributed by atoms with E-state index in [0.717, 1.165) is 5.56 Å². The molecule has 1 unspecified atom stereocenters. The minimum absolute atomic E-state index is 0.347. The molecule has 0 saturated heterocycles. The third-order valence-electron chi connectivity index (χ3n) is 2.72. The maximum Gasteiger partial charge on any atom is 0.340 e. The van der Waals surface area contributed by atoms with Gasteiger partial charge in [-0.3, -0.25) is 0 Å². The van der Waals surface area contributed by atoms with E-state index in [1.165, 1.54) is 0 Å². The lowest BCUT2D eigenvalue weighted by atomic mass is 9.95. The van der Waals surface area contributed by atoms with Crippen LogP contribution in [0.2, 0.25) is 0 Å². The van der Waals surface area contributed by atoms with Gasteiger partial charge in [-0.05, 0) is 25.8 Å². The van der Waals surface area contributed by atoms with Crippen molar-refractivity contribution in [2.75, 3.05) is 6.61 Å². The van der Waals surface area contributed by atoms with Crippen LogP contribution in [0.3, 0.4) is 0 Å². The molecule has 0 fully saturated rings. The molecule has 1 N–H and O–H groups in total. The lowest BCUT2D eigenvalue weighted by molar-refractivity contribution is -0.165. The molecular formula is C14H18O3. The zero-order valence-electron chi connectivity index (χ0n) is 10.3. The first-order valence-electron chi connectivity index (χ1n) is 5.56. The molecule has 3 heteroatoms. The normalized spacial score (nSPS) is 14.0. The van der Waals surface area contributed by atoms with E-state index in [2.05, 4.69) is 6.58 Å². The number of benzene rings is 1. The van der Waals surface area contributed by atoms with Crippen LogP contribution < -0.4 is 0 Å². The third kappa shape index (κ3) is 3.17. The van der Waals surface area contributed by atoms with Gasteiger partial charge in [0.15, 0.2) is 5.60 Å². The highest BCUT2D eigenvalue weighted by Crippen LogP contribution is 2.26. The first-order chi connectivity index (χ1) is 8.00. The molecule has 1 aromatic rings. The van der Waals surface area contributed by atoms with Crippen molar-refractivity contribution in [3.8, 4) is 0 Å². The van der Waals surface area contributed by atoms with Gasteiger partial charge in [-0.1, -0.05) is 35.9 Å². The first kappa shape index (κ1) is 13.5. The van der Waals surface area contributed by atoms with Gasteiger partial charge in [-0.2, -0.15) is 0 Å². The molecule has 0 bridgehead atoms. The Hall–Kier alpha value is -1.61. The number of carbonyl (C=O) groups is 1. The number of hydrogen-bond donors (Lipinski definition) is 1. The Kier molecular flexibility index (Phi) is 4.46. The highest BCUT2D eigenvalue weighted by Gasteiger charge is 2.36. The molecule has 1 atom stereocenters. The Morgan fingerprint density at radius 1 is 1.47 bits per heavy atom. The third-order valence-corrected chi connectivity index (χ3v) is 2.72. The number of hydrogen-bond acceptors (Lipinski definition) is 2. The Bertz CT molecular complexity index is 394. The highest BCUT2D eigenvalue weighted by molar-refractivity contribution is 5.79. The number of carboxylic acid groups (broad SMARTS) is 1. The second-order valence-corrected chi connectivity index (χ2v) is 4.13. The number of rotatable bonds is 6. The molecule has 0 aliphatic rings. The Balaban J connectivity index is 2.94. The lowest BCUT2D eigenvalue weighted by Crippen LogP contribution is -2.35. The predicted octanol–water partition coefficient (Wildman–Crippen LogP) is 2.89. The number of aryl methyl sites for hydroxylation is 1. The van der Waals surface area contributed by atoms with Crippen molar-refractivity contribution >= 4 is 5.97 Å². The zero-order valence-corrected chi connectivity index (χ0v) is 10.3. The van der Waals surface area contributed by atoms with Gasteiger partial charge in [0.25, 0.3) is 0 Å². The van der Waals surface area contributed by atoms with Crippen LogP contribution >= 0.6 is 0 Å². The summed E-state index contributed by atoms with van der Waals surface area (Å²) >= 11 is 0. The molecule has 0 aliphatic heterocycles. The molecule has 1 aromatic carbocycles. The molecule has 0 spiro atoms. The molecule has 0 heterocycles. The van der Waals surface area contributed by atoms with E-state index in [0.29, 0.717) is 18.6 Å². The number of aliphatic carboxylic acids is 1. The number of carboxylic acids is 1. The summed E-state index contributed by atoms with van der Waals surface area (Å²) in [7, 11) is 0. The lowest BCUT2D eigenvalue weighted by Gasteiger charge is -2.25. The SMILES string of the molecule is C=CCCOC(C)(C(=O)O)c1ccc(C)cc1. The topological polar surface area (TPSA) is 46.5 Å². The van der Waals surface area contributed by atoms with Crippen molar-refractivity contribution in [2.45, 2.75) is 25.9 Å². The van der Waals surface area contributed by atoms with Gasteiger partial charge in [0, 0.05) is 0 Å². The molecule has 92 valence electrons. The average Bonchev–Trinajstić information content (AvgIpc) is 2.29. The molecule has 0 radical (unpaired) electrons. The summed E-state index contributed by atoms with van der Waals surface area (Å²) in [6, 6.07) is 7.34. The fraction of sp³-hybridized carbons (Fsp3) is 0.357. The smallest absolute Gasteiger partial charge is 0.340 e. The summed E-state index contributed by atoms with van der Waals surface area (Å²) in [5.74, 6) is -0.981. The maximum atomic E-state index is 11.3. The molecule has 17 heavy (non-hydrogen) atoms. The van der Waals surface area contributed by atoms with E-state index in [1.54, 1.807) is 25.1 Å². The predicted molar refractivity (Wildman–Crippen MR) is 66.9 cm³/mol. The Labute approximate surface area is 102 Å². The van der Waals surface area contributed by atoms with Crippen molar-refractivity contribution in [2.24, 2.45) is 0 Å². The quantitative estimate of drug-likeness (QED) is 0.608. The fourth-order valence-corrected chi connectivity index (χ4v) is 1.49. The fourth-order valence-electron chi connectivity index (χ4n) is 1.49. The number of ether oxygens (including phenoxy) is 1. The monoisotopic (exact) mass is 234 g/mol. The minimum Gasteiger partial charge on any atom is -0.479 e. The van der Waals surface area contributed by atoms with E-state index in [9.17, 15) is 9.90 Å². The van der Waals surface area contributed by atoms with Gasteiger partial charge < -0.3 is 9.84 Å². The van der Waals surface area contributed by atoms with Crippen molar-refractivity contribution in [3.05, 3.63) is 48.0 Å². The molecule has 1 rings (SSSR count). The summed E-state index contributed by atoms with van der Waals surface area (Å²) in [5, 5.41) is 9.30. The van der Waals surface area contributed by atoms with Crippen molar-refractivity contribution in [1.29, 1.82) is 0 Å². The summed E-state index contributed by atoms with van der Waals surface area (Å²) in [4.78, 5) is 11.3. The van der Waals surface area contributed by atoms with E-state index < -0.39 is 11.6 Å². The van der Waals surface area contributed by atoms with Crippen molar-refractivity contribution in [1.82, 2.24) is 0 Å². The second kappa shape index (κ2) is 5.64. The van der Waals surface area contributed by atoms with Gasteiger partial charge in [-0.15, -0.1) is 6.58 Å².